The van der Waals surface area contributed by atoms with Crippen molar-refractivity contribution < 1.29 is 9.53 Å². The summed E-state index contributed by atoms with van der Waals surface area (Å²) in [6.07, 6.45) is 6.68. The molecule has 0 aliphatic carbocycles. The molecule has 4 rings (SSSR count). The van der Waals surface area contributed by atoms with Crippen LogP contribution in [0.25, 0.3) is 28.4 Å². The number of aryl methyl sites for hydroxylation is 2. The molecular weight excluding hydrogens is 338 g/mol. The van der Waals surface area contributed by atoms with E-state index in [0.717, 1.165) is 0 Å². The maximum Gasteiger partial charge on any atom is 0.341 e. The zero-order valence-corrected chi connectivity index (χ0v) is 14.3. The number of hydrogen-bond acceptors (Lipinski definition) is 6. The zero-order chi connectivity index (χ0) is 18.4. The highest BCUT2D eigenvalue weighted by molar-refractivity contribution is 6.04. The lowest BCUT2D eigenvalue weighted by atomic mass is 10.1. The minimum Gasteiger partial charge on any atom is -0.465 e. The van der Waals surface area contributed by atoms with Gasteiger partial charge in [-0.1, -0.05) is 0 Å². The quantitative estimate of drug-likeness (QED) is 0.540. The van der Waals surface area contributed by atoms with Crippen LogP contribution in [0.3, 0.4) is 0 Å². The summed E-state index contributed by atoms with van der Waals surface area (Å²) in [7, 11) is 4.82. The van der Waals surface area contributed by atoms with Gasteiger partial charge in [0.15, 0.2) is 11.6 Å². The topological polar surface area (TPSA) is 112 Å². The fraction of sp³-hybridized carbons (Fsp3) is 0.188. The molecule has 0 fully saturated rings. The number of H-pyrrole nitrogens is 1. The van der Waals surface area contributed by atoms with Gasteiger partial charge < -0.3 is 14.3 Å². The van der Waals surface area contributed by atoms with E-state index in [1.807, 2.05) is 0 Å². The normalized spacial score (nSPS) is 11.2. The number of fused-ring (bicyclic) bond motifs is 1. The third kappa shape index (κ3) is 2.31. The number of esters is 1. The van der Waals surface area contributed by atoms with E-state index >= 15 is 0 Å². The largest absolute Gasteiger partial charge is 0.465 e. The van der Waals surface area contributed by atoms with Crippen LogP contribution in [0.4, 0.5) is 0 Å². The summed E-state index contributed by atoms with van der Waals surface area (Å²) < 4.78 is 9.56. The third-order valence-electron chi connectivity index (χ3n) is 4.05. The van der Waals surface area contributed by atoms with Crippen molar-refractivity contribution in [2.24, 2.45) is 14.1 Å². The van der Waals surface area contributed by atoms with Gasteiger partial charge in [-0.15, -0.1) is 5.10 Å². The number of carbonyl (C=O) groups is 1. The molecule has 10 heteroatoms. The molecule has 26 heavy (non-hydrogen) atoms. The molecule has 0 radical (unpaired) electrons. The van der Waals surface area contributed by atoms with Crippen molar-refractivity contribution in [3.8, 4) is 22.9 Å². The Morgan fingerprint density at radius 3 is 2.65 bits per heavy atom. The van der Waals surface area contributed by atoms with Crippen molar-refractivity contribution in [1.82, 2.24) is 33.9 Å². The summed E-state index contributed by atoms with van der Waals surface area (Å²) in [5, 5.41) is 8.71. The predicted molar refractivity (Wildman–Crippen MR) is 91.6 cm³/mol. The number of aromatic amines is 1. The highest BCUT2D eigenvalue weighted by atomic mass is 16.5. The van der Waals surface area contributed by atoms with Crippen LogP contribution in [-0.4, -0.2) is 47.0 Å². The zero-order valence-electron chi connectivity index (χ0n) is 14.3. The number of carbonyl (C=O) groups excluding carboxylic acids is 1. The van der Waals surface area contributed by atoms with Crippen LogP contribution < -0.4 is 5.56 Å². The fourth-order valence-electron chi connectivity index (χ4n) is 2.85. The Bertz CT molecular complexity index is 1190. The lowest BCUT2D eigenvalue weighted by Gasteiger charge is -2.03. The van der Waals surface area contributed by atoms with Crippen LogP contribution in [0.5, 0.6) is 0 Å². The maximum absolute atomic E-state index is 12.7. The second-order valence-corrected chi connectivity index (χ2v) is 5.74. The molecule has 4 aromatic rings. The monoisotopic (exact) mass is 353 g/mol. The first-order valence-corrected chi connectivity index (χ1v) is 7.71. The number of nitrogens with zero attached hydrogens (tertiary/aromatic N) is 6. The molecule has 10 nitrogen and oxygen atoms in total. The summed E-state index contributed by atoms with van der Waals surface area (Å²) in [5.74, 6) is 0.149. The van der Waals surface area contributed by atoms with E-state index < -0.39 is 11.5 Å². The first-order valence-electron chi connectivity index (χ1n) is 7.71. The first kappa shape index (κ1) is 15.8. The molecule has 0 aliphatic rings. The number of nitrogens with one attached hydrogen (secondary N) is 1. The molecule has 132 valence electrons. The smallest absolute Gasteiger partial charge is 0.341 e. The lowest BCUT2D eigenvalue weighted by Crippen LogP contribution is -2.17. The average Bonchev–Trinajstić information content (AvgIpc) is 3.31. The van der Waals surface area contributed by atoms with Gasteiger partial charge in [0.25, 0.3) is 5.56 Å². The van der Waals surface area contributed by atoms with Gasteiger partial charge in [0, 0.05) is 44.4 Å². The molecule has 0 saturated carbocycles. The summed E-state index contributed by atoms with van der Waals surface area (Å²) >= 11 is 0. The molecule has 4 heterocycles. The number of imidazole rings is 1. The summed E-state index contributed by atoms with van der Waals surface area (Å²) in [6.45, 7) is 0. The molecule has 0 aromatic carbocycles. The molecule has 4 aromatic heterocycles. The third-order valence-corrected chi connectivity index (χ3v) is 4.05. The molecule has 0 unspecified atom stereocenters. The van der Waals surface area contributed by atoms with E-state index in [2.05, 4.69) is 20.2 Å². The van der Waals surface area contributed by atoms with Crippen molar-refractivity contribution >= 4 is 11.5 Å². The van der Waals surface area contributed by atoms with Gasteiger partial charge >= 0.3 is 5.97 Å². The van der Waals surface area contributed by atoms with Gasteiger partial charge in [-0.3, -0.25) is 9.48 Å². The summed E-state index contributed by atoms with van der Waals surface area (Å²) in [5.41, 5.74) is 0.742. The van der Waals surface area contributed by atoms with Crippen molar-refractivity contribution in [3.05, 3.63) is 46.8 Å². The van der Waals surface area contributed by atoms with Crippen LogP contribution in [0, 0.1) is 0 Å². The molecule has 0 bridgehead atoms. The Kier molecular flexibility index (Phi) is 3.46. The highest BCUT2D eigenvalue weighted by Crippen LogP contribution is 2.26. The van der Waals surface area contributed by atoms with Crippen molar-refractivity contribution in [1.29, 1.82) is 0 Å². The Balaban J connectivity index is 2.03. The SMILES string of the molecule is COC(=O)c1c(-c2ccn(C)n2)cn2nc(-c3nccn3C)[nH]c(=O)c12. The number of rotatable bonds is 3. The van der Waals surface area contributed by atoms with E-state index in [4.69, 9.17) is 4.74 Å². The van der Waals surface area contributed by atoms with E-state index in [0.29, 0.717) is 17.1 Å². The molecule has 0 spiro atoms. The van der Waals surface area contributed by atoms with Crippen molar-refractivity contribution in [2.75, 3.05) is 7.11 Å². The van der Waals surface area contributed by atoms with Gasteiger partial charge in [0.2, 0.25) is 0 Å². The second kappa shape index (κ2) is 5.69. The van der Waals surface area contributed by atoms with Crippen molar-refractivity contribution in [3.63, 3.8) is 0 Å². The summed E-state index contributed by atoms with van der Waals surface area (Å²) in [4.78, 5) is 31.9. The van der Waals surface area contributed by atoms with Gasteiger partial charge in [-0.25, -0.2) is 14.3 Å². The lowest BCUT2D eigenvalue weighted by molar-refractivity contribution is 0.0603. The Hall–Kier alpha value is -3.69. The average molecular weight is 353 g/mol. The fourth-order valence-corrected chi connectivity index (χ4v) is 2.85. The first-order chi connectivity index (χ1) is 12.5. The van der Waals surface area contributed by atoms with Gasteiger partial charge in [0.05, 0.1) is 12.8 Å². The highest BCUT2D eigenvalue weighted by Gasteiger charge is 2.25. The standard InChI is InChI=1S/C16H15N7O3/c1-21-7-5-17-14(21)13-18-15(24)12-11(16(25)26-3)9(8-23(12)20-13)10-4-6-22(2)19-10/h4-8H,1-3H3,(H,18,20,24). The van der Waals surface area contributed by atoms with E-state index in [-0.39, 0.29) is 16.9 Å². The molecular formula is C16H15N7O3. The van der Waals surface area contributed by atoms with E-state index in [1.165, 1.54) is 11.6 Å². The molecule has 0 atom stereocenters. The van der Waals surface area contributed by atoms with E-state index in [1.54, 1.807) is 54.2 Å². The van der Waals surface area contributed by atoms with Crippen LogP contribution in [0.1, 0.15) is 10.4 Å². The number of hydrogen-bond donors (Lipinski definition) is 1. The number of ether oxygens (including phenoxy) is 1. The molecule has 0 saturated heterocycles. The maximum atomic E-state index is 12.7. The molecule has 0 aliphatic heterocycles. The van der Waals surface area contributed by atoms with Crippen LogP contribution >= 0.6 is 0 Å². The molecule has 0 amide bonds. The number of methoxy groups -OCH3 is 1. The van der Waals surface area contributed by atoms with Gasteiger partial charge in [-0.2, -0.15) is 5.10 Å². The Morgan fingerprint density at radius 1 is 1.23 bits per heavy atom. The van der Waals surface area contributed by atoms with Crippen molar-refractivity contribution in [2.45, 2.75) is 0 Å². The van der Waals surface area contributed by atoms with Crippen LogP contribution in [-0.2, 0) is 18.8 Å². The predicted octanol–water partition coefficient (Wildman–Crippen LogP) is 0.610. The Morgan fingerprint density at radius 2 is 2.04 bits per heavy atom. The molecule has 1 N–H and O–H groups in total. The second-order valence-electron chi connectivity index (χ2n) is 5.74. The van der Waals surface area contributed by atoms with Gasteiger partial charge in [0.1, 0.15) is 11.1 Å². The minimum atomic E-state index is -0.634. The van der Waals surface area contributed by atoms with Crippen LogP contribution in [0.2, 0.25) is 0 Å². The van der Waals surface area contributed by atoms with Crippen LogP contribution in [0.15, 0.2) is 35.6 Å². The van der Waals surface area contributed by atoms with Gasteiger partial charge in [-0.05, 0) is 6.07 Å². The summed E-state index contributed by atoms with van der Waals surface area (Å²) in [6, 6.07) is 1.75. The Labute approximate surface area is 146 Å². The number of aromatic nitrogens is 7. The van der Waals surface area contributed by atoms with E-state index in [9.17, 15) is 9.59 Å². The minimum absolute atomic E-state index is 0.0930.